The average molecular weight is 855 g/mol. The second kappa shape index (κ2) is 15.3. The SMILES string of the molecule is CC1(C)c2cc(/C=C/c3ccc(N(c4ccccc4)c4ccc5ccc6cccc7ccc4c5c67)cc3)ccc2-c2cc3c(-c4ccccc4)c(-c4ccccc4)n(-c4ccccc4)c3cc21. The first-order valence-electron chi connectivity index (χ1n) is 23.3. The van der Waals surface area contributed by atoms with Gasteiger partial charge in [-0.2, -0.15) is 0 Å². The minimum absolute atomic E-state index is 0.206. The predicted octanol–water partition coefficient (Wildman–Crippen LogP) is 17.8. The summed E-state index contributed by atoms with van der Waals surface area (Å²) in [4.78, 5) is 2.40. The number of aromatic nitrogens is 1. The number of hydrogen-bond donors (Lipinski definition) is 0. The molecule has 0 fully saturated rings. The van der Waals surface area contributed by atoms with Crippen LogP contribution in [0.5, 0.6) is 0 Å². The van der Waals surface area contributed by atoms with Crippen LogP contribution in [0.1, 0.15) is 36.1 Å². The lowest BCUT2D eigenvalue weighted by molar-refractivity contribution is 0.661. The highest BCUT2D eigenvalue weighted by Gasteiger charge is 2.37. The van der Waals surface area contributed by atoms with Gasteiger partial charge in [0.15, 0.2) is 0 Å². The van der Waals surface area contributed by atoms with Gasteiger partial charge in [-0.25, -0.2) is 0 Å². The first-order chi connectivity index (χ1) is 33.0. The zero-order valence-electron chi connectivity index (χ0n) is 37.5. The van der Waals surface area contributed by atoms with Crippen LogP contribution in [0.25, 0.3) is 94.6 Å². The van der Waals surface area contributed by atoms with Crippen LogP contribution in [0.4, 0.5) is 17.1 Å². The van der Waals surface area contributed by atoms with Gasteiger partial charge in [-0.15, -0.1) is 0 Å². The molecule has 0 N–H and O–H groups in total. The highest BCUT2D eigenvalue weighted by atomic mass is 15.1. The Kier molecular flexibility index (Phi) is 8.91. The van der Waals surface area contributed by atoms with Crippen LogP contribution in [-0.4, -0.2) is 4.57 Å². The molecule has 0 bridgehead atoms. The number of fused-ring (bicyclic) bond motifs is 4. The van der Waals surface area contributed by atoms with E-state index in [0.717, 1.165) is 22.6 Å². The Hall–Kier alpha value is -8.46. The summed E-state index contributed by atoms with van der Waals surface area (Å²) in [5.41, 5.74) is 18.2. The molecule has 2 heteroatoms. The lowest BCUT2D eigenvalue weighted by Crippen LogP contribution is -2.15. The van der Waals surface area contributed by atoms with Crippen LogP contribution >= 0.6 is 0 Å². The normalized spacial score (nSPS) is 13.0. The molecule has 0 spiro atoms. The Morgan fingerprint density at radius 1 is 0.418 bits per heavy atom. The zero-order chi connectivity index (χ0) is 44.6. The number of nitrogens with zero attached hydrogens (tertiary/aromatic N) is 2. The molecule has 1 aromatic heterocycles. The molecule has 2 nitrogen and oxygen atoms in total. The topological polar surface area (TPSA) is 8.17 Å². The largest absolute Gasteiger partial charge is 0.310 e. The quantitative estimate of drug-likeness (QED) is 0.109. The summed E-state index contributed by atoms with van der Waals surface area (Å²) < 4.78 is 2.48. The van der Waals surface area contributed by atoms with Gasteiger partial charge in [-0.05, 0) is 126 Å². The average Bonchev–Trinajstić information content (AvgIpc) is 3.83. The van der Waals surface area contributed by atoms with Crippen molar-refractivity contribution in [1.29, 1.82) is 0 Å². The van der Waals surface area contributed by atoms with Crippen molar-refractivity contribution in [3.05, 3.63) is 253 Å². The van der Waals surface area contributed by atoms with E-state index in [-0.39, 0.29) is 5.41 Å². The van der Waals surface area contributed by atoms with Gasteiger partial charge in [0.1, 0.15) is 0 Å². The van der Waals surface area contributed by atoms with E-state index in [9.17, 15) is 0 Å². The Labute approximate surface area is 391 Å². The van der Waals surface area contributed by atoms with Gasteiger partial charge in [0.05, 0.1) is 16.9 Å². The van der Waals surface area contributed by atoms with Crippen molar-refractivity contribution in [2.24, 2.45) is 0 Å². The summed E-state index contributed by atoms with van der Waals surface area (Å²) in [5, 5.41) is 8.97. The van der Waals surface area contributed by atoms with E-state index >= 15 is 0 Å². The second-order valence-electron chi connectivity index (χ2n) is 18.5. The molecule has 13 rings (SSSR count). The Morgan fingerprint density at radius 3 is 1.70 bits per heavy atom. The van der Waals surface area contributed by atoms with Crippen molar-refractivity contribution in [3.8, 4) is 39.2 Å². The Bertz CT molecular complexity index is 3830. The number of hydrogen-bond acceptors (Lipinski definition) is 1. The van der Waals surface area contributed by atoms with Gasteiger partial charge in [-0.1, -0.05) is 202 Å². The molecule has 1 aliphatic rings. The highest BCUT2D eigenvalue weighted by molar-refractivity contribution is 6.25. The zero-order valence-corrected chi connectivity index (χ0v) is 37.5. The van der Waals surface area contributed by atoms with Crippen molar-refractivity contribution in [2.75, 3.05) is 4.90 Å². The fourth-order valence-electron chi connectivity index (χ4n) is 11.1. The molecule has 316 valence electrons. The Morgan fingerprint density at radius 2 is 0.985 bits per heavy atom. The summed E-state index contributed by atoms with van der Waals surface area (Å²) >= 11 is 0. The molecule has 0 atom stereocenters. The minimum Gasteiger partial charge on any atom is -0.310 e. The summed E-state index contributed by atoms with van der Waals surface area (Å²) in [6.07, 6.45) is 4.52. The van der Waals surface area contributed by atoms with Crippen LogP contribution < -0.4 is 4.90 Å². The first kappa shape index (κ1) is 39.0. The van der Waals surface area contributed by atoms with E-state index in [1.807, 2.05) is 0 Å². The number of anilines is 3. The maximum Gasteiger partial charge on any atom is 0.0619 e. The number of benzene rings is 11. The maximum absolute atomic E-state index is 2.48. The van der Waals surface area contributed by atoms with Gasteiger partial charge in [0.2, 0.25) is 0 Å². The molecule has 0 saturated heterocycles. The van der Waals surface area contributed by atoms with Crippen LogP contribution in [0, 0.1) is 0 Å². The lowest BCUT2D eigenvalue weighted by atomic mass is 9.81. The third-order valence-corrected chi connectivity index (χ3v) is 14.3. The summed E-state index contributed by atoms with van der Waals surface area (Å²) in [6.45, 7) is 4.78. The van der Waals surface area contributed by atoms with Gasteiger partial charge >= 0.3 is 0 Å². The molecule has 0 aliphatic heterocycles. The molecule has 0 saturated carbocycles. The van der Waals surface area contributed by atoms with E-state index in [2.05, 4.69) is 266 Å². The molecule has 12 aromatic rings. The lowest BCUT2D eigenvalue weighted by Gasteiger charge is -2.27. The molecule has 0 unspecified atom stereocenters. The van der Waals surface area contributed by atoms with Crippen LogP contribution in [0.15, 0.2) is 231 Å². The van der Waals surface area contributed by atoms with E-state index in [0.29, 0.717) is 0 Å². The van der Waals surface area contributed by atoms with Crippen molar-refractivity contribution in [2.45, 2.75) is 19.3 Å². The molecule has 0 radical (unpaired) electrons. The van der Waals surface area contributed by atoms with E-state index in [1.54, 1.807) is 0 Å². The smallest absolute Gasteiger partial charge is 0.0619 e. The molecule has 0 amide bonds. The fourth-order valence-corrected chi connectivity index (χ4v) is 11.1. The van der Waals surface area contributed by atoms with Gasteiger partial charge < -0.3 is 9.47 Å². The monoisotopic (exact) mass is 854 g/mol. The molecule has 67 heavy (non-hydrogen) atoms. The van der Waals surface area contributed by atoms with Crippen LogP contribution in [0.2, 0.25) is 0 Å². The highest BCUT2D eigenvalue weighted by Crippen LogP contribution is 2.53. The first-order valence-corrected chi connectivity index (χ1v) is 23.3. The van der Waals surface area contributed by atoms with Crippen molar-refractivity contribution >= 4 is 72.4 Å². The summed E-state index contributed by atoms with van der Waals surface area (Å²) in [7, 11) is 0. The van der Waals surface area contributed by atoms with Gasteiger partial charge in [0.25, 0.3) is 0 Å². The van der Waals surface area contributed by atoms with E-state index in [4.69, 9.17) is 0 Å². The van der Waals surface area contributed by atoms with Crippen molar-refractivity contribution in [1.82, 2.24) is 4.57 Å². The maximum atomic E-state index is 2.48. The van der Waals surface area contributed by atoms with E-state index in [1.165, 1.54) is 99.1 Å². The molecule has 11 aromatic carbocycles. The molecular weight excluding hydrogens is 809 g/mol. The summed E-state index contributed by atoms with van der Waals surface area (Å²) in [5.74, 6) is 0. The van der Waals surface area contributed by atoms with Gasteiger partial charge in [0, 0.05) is 38.8 Å². The second-order valence-corrected chi connectivity index (χ2v) is 18.5. The number of rotatable bonds is 8. The van der Waals surface area contributed by atoms with Crippen LogP contribution in [-0.2, 0) is 5.41 Å². The summed E-state index contributed by atoms with van der Waals surface area (Å²) in [6, 6.07) is 84.6. The number of para-hydroxylation sites is 2. The fraction of sp³-hybridized carbons (Fsp3) is 0.0462. The molecular formula is C65H46N2. The molecule has 1 aliphatic carbocycles. The van der Waals surface area contributed by atoms with Crippen molar-refractivity contribution < 1.29 is 0 Å². The van der Waals surface area contributed by atoms with Crippen LogP contribution in [0.3, 0.4) is 0 Å². The third kappa shape index (κ3) is 6.25. The predicted molar refractivity (Wildman–Crippen MR) is 285 cm³/mol. The van der Waals surface area contributed by atoms with Crippen molar-refractivity contribution in [3.63, 3.8) is 0 Å². The minimum atomic E-state index is -0.206. The van der Waals surface area contributed by atoms with Gasteiger partial charge in [-0.3, -0.25) is 0 Å². The Balaban J connectivity index is 0.877. The van der Waals surface area contributed by atoms with E-state index < -0.39 is 0 Å². The standard InChI is InChI=1S/C65H46N2/c1-65(2)57-40-44(27-26-43-28-35-52(36-29-43)66(50-22-11-5-12-23-50)59-39-34-48-32-31-46-20-15-21-47-33-38-54(59)62(48)61(46)47)30-37-53(57)55-41-56-60(42-58(55)65)67(51-24-13-6-14-25-51)64(49-18-9-4-10-19-49)63(56)45-16-7-3-8-17-45/h3-42H,1-2H3/b27-26+. The third-order valence-electron chi connectivity index (χ3n) is 14.3. The molecule has 1 heterocycles.